The summed E-state index contributed by atoms with van der Waals surface area (Å²) in [7, 11) is 3.36. The Hall–Kier alpha value is -0.690. The summed E-state index contributed by atoms with van der Waals surface area (Å²) in [6.45, 7) is 0.581. The molecule has 1 heterocycles. The van der Waals surface area contributed by atoms with Crippen molar-refractivity contribution in [1.82, 2.24) is 4.98 Å². The third-order valence-electron chi connectivity index (χ3n) is 2.29. The normalized spacial score (nSPS) is 12.5. The average Bonchev–Trinajstić information content (AvgIpc) is 2.28. The van der Waals surface area contributed by atoms with Crippen LogP contribution in [0.25, 0.3) is 0 Å². The summed E-state index contributed by atoms with van der Waals surface area (Å²) < 4.78 is 5.68. The average molecular weight is 305 g/mol. The number of hydrogen-bond donors (Lipinski definition) is 2. The van der Waals surface area contributed by atoms with Gasteiger partial charge in [0.1, 0.15) is 5.82 Å². The van der Waals surface area contributed by atoms with Gasteiger partial charge in [-0.25, -0.2) is 4.98 Å². The van der Waals surface area contributed by atoms with Gasteiger partial charge in [0, 0.05) is 36.9 Å². The van der Waals surface area contributed by atoms with E-state index in [1.165, 1.54) is 0 Å². The highest BCUT2D eigenvalue weighted by Gasteiger charge is 2.13. The number of halogens is 1. The van der Waals surface area contributed by atoms with E-state index in [0.717, 1.165) is 4.47 Å². The molecule has 0 aromatic carbocycles. The zero-order valence-corrected chi connectivity index (χ0v) is 11.5. The van der Waals surface area contributed by atoms with E-state index in [4.69, 9.17) is 4.74 Å². The first-order chi connectivity index (χ1) is 8.08. The van der Waals surface area contributed by atoms with Crippen LogP contribution in [0.4, 0.5) is 5.82 Å². The Morgan fingerprint density at radius 1 is 1.59 bits per heavy atom. The number of hydrogen-bond acceptors (Lipinski definition) is 5. The van der Waals surface area contributed by atoms with Crippen LogP contribution in [-0.2, 0) is 11.3 Å². The fourth-order valence-corrected chi connectivity index (χ4v) is 1.96. The van der Waals surface area contributed by atoms with E-state index in [2.05, 4.69) is 20.9 Å². The number of ether oxygens (including phenoxy) is 1. The van der Waals surface area contributed by atoms with Crippen LogP contribution < -0.4 is 4.90 Å². The van der Waals surface area contributed by atoms with Crippen molar-refractivity contribution in [3.63, 3.8) is 0 Å². The molecular formula is C11H17BrN2O3. The van der Waals surface area contributed by atoms with Crippen molar-refractivity contribution in [1.29, 1.82) is 0 Å². The van der Waals surface area contributed by atoms with Gasteiger partial charge in [0.05, 0.1) is 19.3 Å². The van der Waals surface area contributed by atoms with Crippen LogP contribution in [-0.4, -0.2) is 48.6 Å². The van der Waals surface area contributed by atoms with Crippen LogP contribution in [0.1, 0.15) is 5.56 Å². The Labute approximate surface area is 109 Å². The number of methoxy groups -OCH3 is 1. The molecule has 0 bridgehead atoms. The van der Waals surface area contributed by atoms with Crippen molar-refractivity contribution in [2.45, 2.75) is 12.7 Å². The SMILES string of the molecule is COCC(O)CN(C)c1ncc(Br)cc1CO. The molecule has 6 heteroatoms. The molecule has 1 atom stereocenters. The van der Waals surface area contributed by atoms with Crippen molar-refractivity contribution >= 4 is 21.7 Å². The molecule has 0 aliphatic carbocycles. The third kappa shape index (κ3) is 4.23. The Balaban J connectivity index is 2.77. The highest BCUT2D eigenvalue weighted by Crippen LogP contribution is 2.20. The Bertz CT molecular complexity index is 363. The monoisotopic (exact) mass is 304 g/mol. The number of aliphatic hydroxyl groups excluding tert-OH is 2. The molecule has 1 unspecified atom stereocenters. The van der Waals surface area contributed by atoms with Gasteiger partial charge in [-0.1, -0.05) is 0 Å². The number of rotatable bonds is 6. The highest BCUT2D eigenvalue weighted by atomic mass is 79.9. The van der Waals surface area contributed by atoms with E-state index in [9.17, 15) is 10.2 Å². The highest BCUT2D eigenvalue weighted by molar-refractivity contribution is 9.10. The second-order valence-corrected chi connectivity index (χ2v) is 4.70. The number of anilines is 1. The van der Waals surface area contributed by atoms with Crippen LogP contribution in [0.15, 0.2) is 16.7 Å². The third-order valence-corrected chi connectivity index (χ3v) is 2.72. The summed E-state index contributed by atoms with van der Waals surface area (Å²) in [5.41, 5.74) is 0.714. The van der Waals surface area contributed by atoms with Crippen LogP contribution in [0.2, 0.25) is 0 Å². The van der Waals surface area contributed by atoms with E-state index in [0.29, 0.717) is 17.9 Å². The zero-order chi connectivity index (χ0) is 12.8. The smallest absolute Gasteiger partial charge is 0.133 e. The van der Waals surface area contributed by atoms with Crippen molar-refractivity contribution in [2.24, 2.45) is 0 Å². The van der Waals surface area contributed by atoms with Crippen molar-refractivity contribution < 1.29 is 14.9 Å². The molecule has 0 fully saturated rings. The van der Waals surface area contributed by atoms with Gasteiger partial charge in [-0.2, -0.15) is 0 Å². The lowest BCUT2D eigenvalue weighted by molar-refractivity contribution is 0.0693. The van der Waals surface area contributed by atoms with Gasteiger partial charge in [-0.05, 0) is 22.0 Å². The summed E-state index contributed by atoms with van der Waals surface area (Å²) in [6.07, 6.45) is 1.08. The second kappa shape index (κ2) is 6.90. The lowest BCUT2D eigenvalue weighted by Crippen LogP contribution is -2.33. The topological polar surface area (TPSA) is 65.8 Å². The number of pyridine rings is 1. The largest absolute Gasteiger partial charge is 0.392 e. The Morgan fingerprint density at radius 3 is 2.88 bits per heavy atom. The first kappa shape index (κ1) is 14.4. The van der Waals surface area contributed by atoms with Gasteiger partial charge < -0.3 is 19.8 Å². The summed E-state index contributed by atoms with van der Waals surface area (Å²) in [5.74, 6) is 0.658. The van der Waals surface area contributed by atoms with Crippen molar-refractivity contribution in [3.8, 4) is 0 Å². The molecule has 1 rings (SSSR count). The molecule has 1 aromatic rings. The fourth-order valence-electron chi connectivity index (χ4n) is 1.58. The minimum atomic E-state index is -0.581. The molecule has 0 amide bonds. The van der Waals surface area contributed by atoms with Gasteiger partial charge in [-0.3, -0.25) is 0 Å². The molecule has 0 saturated carbocycles. The standard InChI is InChI=1S/C11H17BrN2O3/c1-14(5-10(16)7-17-2)11-8(6-15)3-9(12)4-13-11/h3-4,10,15-16H,5-7H2,1-2H3. The molecular weight excluding hydrogens is 288 g/mol. The fraction of sp³-hybridized carbons (Fsp3) is 0.545. The summed E-state index contributed by atoms with van der Waals surface area (Å²) in [6, 6.07) is 1.81. The van der Waals surface area contributed by atoms with Crippen LogP contribution in [0.3, 0.4) is 0 Å². The maximum atomic E-state index is 9.63. The predicted octanol–water partition coefficient (Wildman–Crippen LogP) is 0.780. The van der Waals surface area contributed by atoms with Gasteiger partial charge in [0.25, 0.3) is 0 Å². The summed E-state index contributed by atoms with van der Waals surface area (Å²) in [4.78, 5) is 6.02. The quantitative estimate of drug-likeness (QED) is 0.813. The lowest BCUT2D eigenvalue weighted by Gasteiger charge is -2.23. The summed E-state index contributed by atoms with van der Waals surface area (Å²) in [5, 5.41) is 18.9. The molecule has 0 aliphatic rings. The van der Waals surface area contributed by atoms with Crippen molar-refractivity contribution in [3.05, 3.63) is 22.3 Å². The van der Waals surface area contributed by atoms with E-state index in [1.807, 2.05) is 13.1 Å². The van der Waals surface area contributed by atoms with Gasteiger partial charge in [0.2, 0.25) is 0 Å². The maximum absolute atomic E-state index is 9.63. The van der Waals surface area contributed by atoms with E-state index < -0.39 is 6.10 Å². The van der Waals surface area contributed by atoms with Gasteiger partial charge in [-0.15, -0.1) is 0 Å². The van der Waals surface area contributed by atoms with E-state index in [-0.39, 0.29) is 13.2 Å². The number of likely N-dealkylation sites (N-methyl/N-ethyl adjacent to an activating group) is 1. The van der Waals surface area contributed by atoms with Crippen molar-refractivity contribution in [2.75, 3.05) is 32.2 Å². The van der Waals surface area contributed by atoms with E-state index in [1.54, 1.807) is 18.2 Å². The van der Waals surface area contributed by atoms with Crippen LogP contribution in [0, 0.1) is 0 Å². The predicted molar refractivity (Wildman–Crippen MR) is 69.0 cm³/mol. The molecule has 0 radical (unpaired) electrons. The number of nitrogens with zero attached hydrogens (tertiary/aromatic N) is 2. The first-order valence-corrected chi connectivity index (χ1v) is 6.01. The van der Waals surface area contributed by atoms with Crippen LogP contribution in [0.5, 0.6) is 0 Å². The van der Waals surface area contributed by atoms with Gasteiger partial charge in [0.15, 0.2) is 0 Å². The molecule has 0 saturated heterocycles. The summed E-state index contributed by atoms with van der Waals surface area (Å²) >= 11 is 3.30. The van der Waals surface area contributed by atoms with Gasteiger partial charge >= 0.3 is 0 Å². The molecule has 17 heavy (non-hydrogen) atoms. The molecule has 1 aromatic heterocycles. The molecule has 0 spiro atoms. The molecule has 5 nitrogen and oxygen atoms in total. The van der Waals surface area contributed by atoms with Crippen LogP contribution >= 0.6 is 15.9 Å². The first-order valence-electron chi connectivity index (χ1n) is 5.22. The second-order valence-electron chi connectivity index (χ2n) is 3.78. The Morgan fingerprint density at radius 2 is 2.29 bits per heavy atom. The number of aromatic nitrogens is 1. The minimum Gasteiger partial charge on any atom is -0.392 e. The Kier molecular flexibility index (Phi) is 5.84. The number of aliphatic hydroxyl groups is 2. The zero-order valence-electron chi connectivity index (χ0n) is 9.93. The molecule has 0 aliphatic heterocycles. The maximum Gasteiger partial charge on any atom is 0.133 e. The lowest BCUT2D eigenvalue weighted by atomic mass is 10.2. The molecule has 96 valence electrons. The molecule has 2 N–H and O–H groups in total. The van der Waals surface area contributed by atoms with E-state index >= 15 is 0 Å². The minimum absolute atomic E-state index is 0.0908.